The lowest BCUT2D eigenvalue weighted by atomic mass is 10.1. The van der Waals surface area contributed by atoms with Gasteiger partial charge < -0.3 is 5.32 Å². The molecule has 1 N–H and O–H groups in total. The zero-order valence-electron chi connectivity index (χ0n) is 11.4. The number of thiazole rings is 1. The molecular formula is C15H22N2S. The van der Waals surface area contributed by atoms with Gasteiger partial charge >= 0.3 is 0 Å². The molecule has 0 radical (unpaired) electrons. The van der Waals surface area contributed by atoms with Crippen molar-refractivity contribution in [3.63, 3.8) is 0 Å². The molecule has 1 aromatic carbocycles. The van der Waals surface area contributed by atoms with Crippen LogP contribution in [-0.2, 0) is 6.42 Å². The Hall–Kier alpha value is -0.930. The third-order valence-electron chi connectivity index (χ3n) is 2.91. The Balaban J connectivity index is 1.88. The van der Waals surface area contributed by atoms with Crippen LogP contribution in [0.4, 0.5) is 0 Å². The van der Waals surface area contributed by atoms with Gasteiger partial charge in [-0.1, -0.05) is 32.9 Å². The fourth-order valence-electron chi connectivity index (χ4n) is 2.00. The van der Waals surface area contributed by atoms with E-state index in [2.05, 4.69) is 55.3 Å². The van der Waals surface area contributed by atoms with E-state index in [1.165, 1.54) is 9.71 Å². The van der Waals surface area contributed by atoms with Crippen LogP contribution < -0.4 is 5.32 Å². The predicted octanol–water partition coefficient (Wildman–Crippen LogP) is 3.72. The first kappa shape index (κ1) is 13.5. The fraction of sp³-hybridized carbons (Fsp3) is 0.533. The van der Waals surface area contributed by atoms with E-state index in [1.807, 2.05) is 11.3 Å². The van der Waals surface area contributed by atoms with Gasteiger partial charge in [0.2, 0.25) is 0 Å². The minimum atomic E-state index is 0.643. The summed E-state index contributed by atoms with van der Waals surface area (Å²) in [4.78, 5) is 4.69. The maximum Gasteiger partial charge on any atom is 0.0941 e. The van der Waals surface area contributed by atoms with Crippen molar-refractivity contribution >= 4 is 21.6 Å². The zero-order chi connectivity index (χ0) is 13.0. The van der Waals surface area contributed by atoms with Gasteiger partial charge in [0.25, 0.3) is 0 Å². The Bertz CT molecular complexity index is 457. The van der Waals surface area contributed by atoms with Gasteiger partial charge in [-0.3, -0.25) is 0 Å². The predicted molar refractivity (Wildman–Crippen MR) is 80.2 cm³/mol. The molecule has 3 heteroatoms. The largest absolute Gasteiger partial charge is 0.316 e. The molecule has 1 heterocycles. The van der Waals surface area contributed by atoms with Gasteiger partial charge in [-0.2, -0.15) is 0 Å². The van der Waals surface area contributed by atoms with Crippen LogP contribution in [0.5, 0.6) is 0 Å². The molecule has 2 rings (SSSR count). The number of nitrogens with one attached hydrogen (secondary N) is 1. The monoisotopic (exact) mass is 262 g/mol. The molecule has 0 amide bonds. The Labute approximate surface area is 113 Å². The second kappa shape index (κ2) is 6.30. The van der Waals surface area contributed by atoms with Crippen molar-refractivity contribution in [2.75, 3.05) is 13.1 Å². The number of nitrogens with zero attached hydrogens (tertiary/aromatic N) is 1. The number of hydrogen-bond acceptors (Lipinski definition) is 3. The van der Waals surface area contributed by atoms with Crippen LogP contribution in [0.15, 0.2) is 24.3 Å². The van der Waals surface area contributed by atoms with E-state index in [0.29, 0.717) is 5.92 Å². The molecule has 0 saturated carbocycles. The topological polar surface area (TPSA) is 24.9 Å². The van der Waals surface area contributed by atoms with Crippen LogP contribution in [0, 0.1) is 11.8 Å². The van der Waals surface area contributed by atoms with Crippen LogP contribution in [0.25, 0.3) is 10.2 Å². The highest BCUT2D eigenvalue weighted by molar-refractivity contribution is 7.18. The third-order valence-corrected chi connectivity index (χ3v) is 3.97. The number of aromatic nitrogens is 1. The molecule has 1 unspecified atom stereocenters. The van der Waals surface area contributed by atoms with Crippen molar-refractivity contribution in [1.82, 2.24) is 10.3 Å². The number of para-hydroxylation sites is 1. The average Bonchev–Trinajstić information content (AvgIpc) is 2.70. The van der Waals surface area contributed by atoms with Gasteiger partial charge in [-0.25, -0.2) is 4.98 Å². The molecule has 0 spiro atoms. The third kappa shape index (κ3) is 3.79. The first-order valence-electron chi connectivity index (χ1n) is 6.70. The second-order valence-corrected chi connectivity index (χ2v) is 6.55. The zero-order valence-corrected chi connectivity index (χ0v) is 12.3. The summed E-state index contributed by atoms with van der Waals surface area (Å²) < 4.78 is 1.30. The maximum atomic E-state index is 4.69. The van der Waals surface area contributed by atoms with Crippen LogP contribution in [0.2, 0.25) is 0 Å². The lowest BCUT2D eigenvalue weighted by molar-refractivity contribution is 0.473. The van der Waals surface area contributed by atoms with Crippen LogP contribution in [-0.4, -0.2) is 18.1 Å². The molecule has 0 saturated heterocycles. The van der Waals surface area contributed by atoms with Crippen molar-refractivity contribution in [3.8, 4) is 0 Å². The first-order chi connectivity index (χ1) is 8.65. The fourth-order valence-corrected chi connectivity index (χ4v) is 3.13. The van der Waals surface area contributed by atoms with Gasteiger partial charge in [0.05, 0.1) is 15.2 Å². The molecule has 2 aromatic rings. The minimum absolute atomic E-state index is 0.643. The molecule has 18 heavy (non-hydrogen) atoms. The van der Waals surface area contributed by atoms with E-state index in [9.17, 15) is 0 Å². The molecular weight excluding hydrogens is 240 g/mol. The molecule has 1 atom stereocenters. The number of hydrogen-bond donors (Lipinski definition) is 1. The first-order valence-corrected chi connectivity index (χ1v) is 7.52. The Kier molecular flexibility index (Phi) is 4.72. The molecule has 2 nitrogen and oxygen atoms in total. The summed E-state index contributed by atoms with van der Waals surface area (Å²) in [7, 11) is 0. The SMILES string of the molecule is CC(C)CNCC(C)Cc1nc2ccccc2s1. The summed E-state index contributed by atoms with van der Waals surface area (Å²) in [6.07, 6.45) is 1.07. The van der Waals surface area contributed by atoms with Crippen LogP contribution in [0.1, 0.15) is 25.8 Å². The highest BCUT2D eigenvalue weighted by atomic mass is 32.1. The van der Waals surface area contributed by atoms with Gasteiger partial charge in [0.1, 0.15) is 0 Å². The normalized spacial score (nSPS) is 13.3. The number of fused-ring (bicyclic) bond motifs is 1. The van der Waals surface area contributed by atoms with E-state index >= 15 is 0 Å². The van der Waals surface area contributed by atoms with Gasteiger partial charge in [0.15, 0.2) is 0 Å². The van der Waals surface area contributed by atoms with E-state index in [-0.39, 0.29) is 0 Å². The summed E-state index contributed by atoms with van der Waals surface area (Å²) >= 11 is 1.83. The summed E-state index contributed by atoms with van der Waals surface area (Å²) in [5.74, 6) is 1.36. The highest BCUT2D eigenvalue weighted by Gasteiger charge is 2.08. The number of rotatable bonds is 6. The van der Waals surface area contributed by atoms with Crippen molar-refractivity contribution < 1.29 is 0 Å². The molecule has 0 aliphatic heterocycles. The Morgan fingerprint density at radius 1 is 1.17 bits per heavy atom. The highest BCUT2D eigenvalue weighted by Crippen LogP contribution is 2.23. The van der Waals surface area contributed by atoms with Crippen molar-refractivity contribution in [2.45, 2.75) is 27.2 Å². The molecule has 98 valence electrons. The smallest absolute Gasteiger partial charge is 0.0941 e. The van der Waals surface area contributed by atoms with Gasteiger partial charge in [-0.15, -0.1) is 11.3 Å². The van der Waals surface area contributed by atoms with E-state index in [0.717, 1.165) is 30.9 Å². The Morgan fingerprint density at radius 2 is 1.94 bits per heavy atom. The Morgan fingerprint density at radius 3 is 2.67 bits per heavy atom. The van der Waals surface area contributed by atoms with Crippen molar-refractivity contribution in [3.05, 3.63) is 29.3 Å². The molecule has 1 aromatic heterocycles. The molecule has 0 bridgehead atoms. The standard InChI is InChI=1S/C15H22N2S/c1-11(2)9-16-10-12(3)8-15-17-13-6-4-5-7-14(13)18-15/h4-7,11-12,16H,8-10H2,1-3H3. The van der Waals surface area contributed by atoms with E-state index in [4.69, 9.17) is 0 Å². The van der Waals surface area contributed by atoms with Crippen LogP contribution in [0.3, 0.4) is 0 Å². The average molecular weight is 262 g/mol. The quantitative estimate of drug-likeness (QED) is 0.858. The van der Waals surface area contributed by atoms with Crippen LogP contribution >= 0.6 is 11.3 Å². The summed E-state index contributed by atoms with van der Waals surface area (Å²) in [5.41, 5.74) is 1.14. The van der Waals surface area contributed by atoms with Crippen molar-refractivity contribution in [2.24, 2.45) is 11.8 Å². The molecule has 0 aliphatic carbocycles. The summed E-state index contributed by atoms with van der Waals surface area (Å²) in [6, 6.07) is 8.38. The summed E-state index contributed by atoms with van der Waals surface area (Å²) in [6.45, 7) is 8.95. The summed E-state index contributed by atoms with van der Waals surface area (Å²) in [5, 5.41) is 4.77. The minimum Gasteiger partial charge on any atom is -0.316 e. The second-order valence-electron chi connectivity index (χ2n) is 5.44. The van der Waals surface area contributed by atoms with Gasteiger partial charge in [0, 0.05) is 6.42 Å². The maximum absolute atomic E-state index is 4.69. The van der Waals surface area contributed by atoms with E-state index < -0.39 is 0 Å². The van der Waals surface area contributed by atoms with Crippen molar-refractivity contribution in [1.29, 1.82) is 0 Å². The lowest BCUT2D eigenvalue weighted by Gasteiger charge is -2.12. The number of benzene rings is 1. The molecule has 0 fully saturated rings. The lowest BCUT2D eigenvalue weighted by Crippen LogP contribution is -2.26. The van der Waals surface area contributed by atoms with E-state index in [1.54, 1.807) is 0 Å². The molecule has 0 aliphatic rings. The van der Waals surface area contributed by atoms with Gasteiger partial charge in [-0.05, 0) is 37.1 Å².